The van der Waals surface area contributed by atoms with Gasteiger partial charge in [0, 0.05) is 0 Å². The molecule has 0 saturated carbocycles. The van der Waals surface area contributed by atoms with Crippen molar-refractivity contribution in [3.05, 3.63) is 35.9 Å². The highest BCUT2D eigenvalue weighted by atomic mass is 28.4. The van der Waals surface area contributed by atoms with Crippen LogP contribution in [0.15, 0.2) is 30.3 Å². The predicted octanol–water partition coefficient (Wildman–Crippen LogP) is 4.59. The number of β-amino-alcohol motifs (C(OH)–C–C–N with tert-alkyl or cyclic N) is 1. The van der Waals surface area contributed by atoms with Gasteiger partial charge in [0.1, 0.15) is 11.2 Å². The summed E-state index contributed by atoms with van der Waals surface area (Å²) >= 11 is 0. The topological polar surface area (TPSA) is 77.5 Å². The van der Waals surface area contributed by atoms with Crippen LogP contribution in [0, 0.1) is 0 Å². The second kappa shape index (κ2) is 10.9. The number of benzene rings is 1. The molecule has 0 spiro atoms. The number of rotatable bonds is 7. The van der Waals surface area contributed by atoms with Crippen molar-refractivity contribution < 1.29 is 28.5 Å². The Kier molecular flexibility index (Phi) is 9.15. The van der Waals surface area contributed by atoms with Gasteiger partial charge in [0.05, 0.1) is 45.6 Å². The summed E-state index contributed by atoms with van der Waals surface area (Å²) in [5.41, 5.74) is -0.908. The fourth-order valence-corrected chi connectivity index (χ4v) is 4.17. The molecule has 1 N–H and O–H groups in total. The minimum Gasteiger partial charge on any atom is -0.444 e. The van der Waals surface area contributed by atoms with Gasteiger partial charge in [-0.15, -0.1) is 0 Å². The molecule has 0 bridgehead atoms. The molecule has 0 unspecified atom stereocenters. The third-order valence-electron chi connectivity index (χ3n) is 6.07. The molecule has 188 valence electrons. The second-order valence-corrected chi connectivity index (χ2v) is 16.4. The molecule has 1 aliphatic heterocycles. The first-order valence-electron chi connectivity index (χ1n) is 11.7. The fraction of sp³-hybridized carbons (Fsp3) is 0.720. The van der Waals surface area contributed by atoms with E-state index in [-0.39, 0.29) is 37.4 Å². The summed E-state index contributed by atoms with van der Waals surface area (Å²) in [6, 6.07) is 9.89. The molecule has 1 aliphatic rings. The first kappa shape index (κ1) is 27.8. The predicted molar refractivity (Wildman–Crippen MR) is 132 cm³/mol. The summed E-state index contributed by atoms with van der Waals surface area (Å²) in [7, 11) is -2.09. The van der Waals surface area contributed by atoms with E-state index in [2.05, 4.69) is 33.9 Å². The Balaban J connectivity index is 2.09. The first-order valence-corrected chi connectivity index (χ1v) is 14.6. The minimum absolute atomic E-state index is 0.00755. The zero-order valence-electron chi connectivity index (χ0n) is 21.6. The lowest BCUT2D eigenvalue weighted by atomic mass is 10.1. The van der Waals surface area contributed by atoms with Gasteiger partial charge in [0.2, 0.25) is 0 Å². The Morgan fingerprint density at radius 2 is 1.82 bits per heavy atom. The van der Waals surface area contributed by atoms with E-state index < -0.39 is 25.6 Å². The molecule has 0 aromatic heterocycles. The number of hydrogen-bond donors (Lipinski definition) is 1. The van der Waals surface area contributed by atoms with Crippen molar-refractivity contribution in [3.63, 3.8) is 0 Å². The Morgan fingerprint density at radius 3 is 2.39 bits per heavy atom. The highest BCUT2D eigenvalue weighted by molar-refractivity contribution is 6.74. The average Bonchev–Trinajstić information content (AvgIpc) is 2.85. The molecule has 1 heterocycles. The van der Waals surface area contributed by atoms with E-state index in [1.54, 1.807) is 0 Å². The number of carbonyl (C=O) groups excluding carboxylic acids is 1. The van der Waals surface area contributed by atoms with Gasteiger partial charge in [0.15, 0.2) is 8.32 Å². The third-order valence-corrected chi connectivity index (χ3v) is 10.6. The van der Waals surface area contributed by atoms with E-state index in [1.807, 2.05) is 51.1 Å². The molecule has 33 heavy (non-hydrogen) atoms. The third kappa shape index (κ3) is 9.02. The molecule has 1 aromatic carbocycles. The molecule has 0 aliphatic carbocycles. The van der Waals surface area contributed by atoms with Gasteiger partial charge in [-0.2, -0.15) is 0 Å². The van der Waals surface area contributed by atoms with E-state index in [1.165, 1.54) is 4.90 Å². The Morgan fingerprint density at radius 1 is 1.18 bits per heavy atom. The van der Waals surface area contributed by atoms with Gasteiger partial charge < -0.3 is 28.6 Å². The van der Waals surface area contributed by atoms with Crippen LogP contribution < -0.4 is 0 Å². The van der Waals surface area contributed by atoms with Gasteiger partial charge in [-0.3, -0.25) is 0 Å². The summed E-state index contributed by atoms with van der Waals surface area (Å²) < 4.78 is 23.8. The molecule has 2 rings (SSSR count). The van der Waals surface area contributed by atoms with Gasteiger partial charge in [-0.25, -0.2) is 4.79 Å². The maximum absolute atomic E-state index is 12.9. The molecular formula is C25H43NO6Si. The van der Waals surface area contributed by atoms with Crippen LogP contribution in [0.25, 0.3) is 0 Å². The van der Waals surface area contributed by atoms with Crippen LogP contribution in [0.4, 0.5) is 4.79 Å². The summed E-state index contributed by atoms with van der Waals surface area (Å²) in [5, 5.41) is 11.4. The number of nitrogens with zero attached hydrogens (tertiary/aromatic N) is 1. The molecule has 7 nitrogen and oxygen atoms in total. The molecule has 1 saturated heterocycles. The number of amides is 1. The van der Waals surface area contributed by atoms with E-state index in [9.17, 15) is 9.90 Å². The Bertz CT molecular complexity index is 758. The number of aliphatic hydroxyl groups is 1. The van der Waals surface area contributed by atoms with Gasteiger partial charge in [0.25, 0.3) is 0 Å². The van der Waals surface area contributed by atoms with E-state index in [0.717, 1.165) is 5.56 Å². The number of ether oxygens (including phenoxy) is 3. The van der Waals surface area contributed by atoms with Crippen molar-refractivity contribution in [2.24, 2.45) is 0 Å². The number of carbonyl (C=O) groups is 1. The summed E-state index contributed by atoms with van der Waals surface area (Å²) in [6.45, 7) is 17.5. The van der Waals surface area contributed by atoms with Crippen LogP contribution in [-0.2, 0) is 25.2 Å². The van der Waals surface area contributed by atoms with E-state index in [0.29, 0.717) is 13.2 Å². The van der Waals surface area contributed by atoms with Crippen molar-refractivity contribution in [3.8, 4) is 0 Å². The van der Waals surface area contributed by atoms with Crippen LogP contribution in [0.1, 0.15) is 47.1 Å². The first-order chi connectivity index (χ1) is 15.1. The summed E-state index contributed by atoms with van der Waals surface area (Å²) in [4.78, 5) is 14.4. The van der Waals surface area contributed by atoms with Crippen LogP contribution in [0.3, 0.4) is 0 Å². The van der Waals surface area contributed by atoms with Crippen LogP contribution in [0.5, 0.6) is 0 Å². The molecular weight excluding hydrogens is 438 g/mol. The van der Waals surface area contributed by atoms with Crippen molar-refractivity contribution in [1.82, 2.24) is 4.90 Å². The molecule has 2 atom stereocenters. The lowest BCUT2D eigenvalue weighted by Crippen LogP contribution is -2.53. The van der Waals surface area contributed by atoms with Crippen LogP contribution in [-0.4, -0.2) is 74.6 Å². The molecule has 1 amide bonds. The molecule has 0 radical (unpaired) electrons. The standard InChI is InChI=1S/C25H43NO6Si/c1-23(2,3)32-22(27)26-14-21(16-29-15-20-12-10-9-11-13-20)30-18-25(28,17-26)19-31-33(7,8)24(4,5)6/h9-13,21,28H,14-19H2,1-8H3/t21-,25-/m0/s1. The van der Waals surface area contributed by atoms with Crippen molar-refractivity contribution in [2.75, 3.05) is 32.9 Å². The summed E-state index contributed by atoms with van der Waals surface area (Å²) in [5.74, 6) is 0. The average molecular weight is 482 g/mol. The zero-order chi connectivity index (χ0) is 24.9. The normalized spacial score (nSPS) is 22.7. The van der Waals surface area contributed by atoms with Crippen molar-refractivity contribution in [1.29, 1.82) is 0 Å². The van der Waals surface area contributed by atoms with Crippen LogP contribution >= 0.6 is 0 Å². The highest BCUT2D eigenvalue weighted by Crippen LogP contribution is 2.37. The van der Waals surface area contributed by atoms with Gasteiger partial charge in [-0.1, -0.05) is 51.1 Å². The quantitative estimate of drug-likeness (QED) is 0.574. The Hall–Kier alpha value is -1.45. The van der Waals surface area contributed by atoms with Crippen LogP contribution in [0.2, 0.25) is 18.1 Å². The fourth-order valence-electron chi connectivity index (χ4n) is 3.10. The lowest BCUT2D eigenvalue weighted by Gasteiger charge is -2.39. The van der Waals surface area contributed by atoms with E-state index >= 15 is 0 Å². The number of hydrogen-bond acceptors (Lipinski definition) is 6. The largest absolute Gasteiger partial charge is 0.444 e. The van der Waals surface area contributed by atoms with Gasteiger partial charge >= 0.3 is 6.09 Å². The second-order valence-electron chi connectivity index (χ2n) is 11.6. The van der Waals surface area contributed by atoms with Crippen molar-refractivity contribution in [2.45, 2.75) is 83.6 Å². The smallest absolute Gasteiger partial charge is 0.410 e. The SMILES string of the molecule is CC(C)(C)OC(=O)N1C[C@@H](COCc2ccccc2)OC[C@](O)(CO[Si](C)(C)C(C)(C)C)C1. The van der Waals surface area contributed by atoms with Crippen molar-refractivity contribution >= 4 is 14.4 Å². The van der Waals surface area contributed by atoms with E-state index in [4.69, 9.17) is 18.6 Å². The highest BCUT2D eigenvalue weighted by Gasteiger charge is 2.43. The maximum atomic E-state index is 12.9. The van der Waals surface area contributed by atoms with Gasteiger partial charge in [-0.05, 0) is 44.5 Å². The maximum Gasteiger partial charge on any atom is 0.410 e. The minimum atomic E-state index is -2.09. The zero-order valence-corrected chi connectivity index (χ0v) is 22.6. The monoisotopic (exact) mass is 481 g/mol. The summed E-state index contributed by atoms with van der Waals surface area (Å²) in [6.07, 6.45) is -0.866. The lowest BCUT2D eigenvalue weighted by molar-refractivity contribution is -0.0915. The molecule has 8 heteroatoms. The Labute approximate surface area is 200 Å². The molecule has 1 fully saturated rings. The molecule has 1 aromatic rings.